The van der Waals surface area contributed by atoms with Crippen LogP contribution in [0.5, 0.6) is 0 Å². The van der Waals surface area contributed by atoms with E-state index in [0.717, 1.165) is 16.7 Å². The first-order chi connectivity index (χ1) is 9.09. The SMILES string of the molecule is CC(C)[C@@H](O)[C@@H](N)c1cccc(-c2ccccc2)c1.Cl. The van der Waals surface area contributed by atoms with Crippen molar-refractivity contribution in [3.05, 3.63) is 60.2 Å². The second-order valence-electron chi connectivity index (χ2n) is 5.25. The molecule has 0 radical (unpaired) electrons. The van der Waals surface area contributed by atoms with Crippen LogP contribution in [-0.2, 0) is 0 Å². The molecule has 0 aliphatic rings. The predicted octanol–water partition coefficient (Wildman–Crippen LogP) is 3.79. The van der Waals surface area contributed by atoms with Gasteiger partial charge in [-0.15, -0.1) is 12.4 Å². The standard InChI is InChI=1S/C17H21NO.ClH/c1-12(2)17(19)16(18)15-10-6-9-14(11-15)13-7-4-3-5-8-13;/h3-12,16-17,19H,18H2,1-2H3;1H/t16-,17+;/m0./s1. The summed E-state index contributed by atoms with van der Waals surface area (Å²) in [6.07, 6.45) is -0.522. The van der Waals surface area contributed by atoms with Crippen LogP contribution in [-0.4, -0.2) is 11.2 Å². The van der Waals surface area contributed by atoms with E-state index in [-0.39, 0.29) is 24.4 Å². The van der Waals surface area contributed by atoms with Crippen LogP contribution in [0.4, 0.5) is 0 Å². The Morgan fingerprint density at radius 2 is 1.50 bits per heavy atom. The number of hydrogen-bond acceptors (Lipinski definition) is 2. The molecular weight excluding hydrogens is 270 g/mol. The lowest BCUT2D eigenvalue weighted by atomic mass is 9.92. The van der Waals surface area contributed by atoms with E-state index >= 15 is 0 Å². The molecule has 0 saturated heterocycles. The van der Waals surface area contributed by atoms with Crippen molar-refractivity contribution in [2.75, 3.05) is 0 Å². The van der Waals surface area contributed by atoms with Gasteiger partial charge in [-0.3, -0.25) is 0 Å². The Morgan fingerprint density at radius 3 is 2.10 bits per heavy atom. The van der Waals surface area contributed by atoms with Gasteiger partial charge in [0.25, 0.3) is 0 Å². The first-order valence-corrected chi connectivity index (χ1v) is 6.68. The predicted molar refractivity (Wildman–Crippen MR) is 86.9 cm³/mol. The number of nitrogens with two attached hydrogens (primary N) is 1. The Kier molecular flexibility index (Phi) is 6.21. The van der Waals surface area contributed by atoms with Crippen LogP contribution in [0, 0.1) is 5.92 Å². The number of aliphatic hydroxyl groups excluding tert-OH is 1. The lowest BCUT2D eigenvalue weighted by Crippen LogP contribution is -2.30. The molecule has 2 atom stereocenters. The highest BCUT2D eigenvalue weighted by Gasteiger charge is 2.20. The Balaban J connectivity index is 0.00000200. The highest BCUT2D eigenvalue weighted by Crippen LogP contribution is 2.25. The van der Waals surface area contributed by atoms with E-state index < -0.39 is 6.10 Å². The summed E-state index contributed by atoms with van der Waals surface area (Å²) in [7, 11) is 0. The molecule has 0 spiro atoms. The van der Waals surface area contributed by atoms with Crippen molar-refractivity contribution in [3.8, 4) is 11.1 Å². The highest BCUT2D eigenvalue weighted by molar-refractivity contribution is 5.85. The van der Waals surface area contributed by atoms with Gasteiger partial charge in [-0.25, -0.2) is 0 Å². The molecule has 0 bridgehead atoms. The lowest BCUT2D eigenvalue weighted by Gasteiger charge is -2.22. The fraction of sp³-hybridized carbons (Fsp3) is 0.294. The topological polar surface area (TPSA) is 46.2 Å². The van der Waals surface area contributed by atoms with E-state index in [1.165, 1.54) is 0 Å². The number of rotatable bonds is 4. The van der Waals surface area contributed by atoms with Gasteiger partial charge in [0.15, 0.2) is 0 Å². The van der Waals surface area contributed by atoms with Gasteiger partial charge in [0.2, 0.25) is 0 Å². The van der Waals surface area contributed by atoms with Gasteiger partial charge in [0.05, 0.1) is 12.1 Å². The summed E-state index contributed by atoms with van der Waals surface area (Å²) in [4.78, 5) is 0. The number of aliphatic hydroxyl groups is 1. The fourth-order valence-corrected chi connectivity index (χ4v) is 2.17. The first kappa shape index (κ1) is 16.7. The highest BCUT2D eigenvalue weighted by atomic mass is 35.5. The largest absolute Gasteiger partial charge is 0.391 e. The Hall–Kier alpha value is -1.35. The van der Waals surface area contributed by atoms with Gasteiger partial charge in [0, 0.05) is 0 Å². The monoisotopic (exact) mass is 291 g/mol. The Morgan fingerprint density at radius 1 is 0.900 bits per heavy atom. The third kappa shape index (κ3) is 3.83. The van der Waals surface area contributed by atoms with Crippen LogP contribution in [0.25, 0.3) is 11.1 Å². The first-order valence-electron chi connectivity index (χ1n) is 6.68. The zero-order valence-electron chi connectivity index (χ0n) is 11.9. The molecule has 0 amide bonds. The molecule has 0 aromatic heterocycles. The van der Waals surface area contributed by atoms with Crippen LogP contribution in [0.15, 0.2) is 54.6 Å². The zero-order valence-corrected chi connectivity index (χ0v) is 12.7. The van der Waals surface area contributed by atoms with E-state index in [1.54, 1.807) is 0 Å². The van der Waals surface area contributed by atoms with Crippen LogP contribution in [0.3, 0.4) is 0 Å². The molecule has 0 aliphatic carbocycles. The third-order valence-corrected chi connectivity index (χ3v) is 3.43. The molecule has 0 fully saturated rings. The van der Waals surface area contributed by atoms with Crippen molar-refractivity contribution < 1.29 is 5.11 Å². The molecular formula is C17H22ClNO. The third-order valence-electron chi connectivity index (χ3n) is 3.43. The van der Waals surface area contributed by atoms with E-state index in [2.05, 4.69) is 24.3 Å². The summed E-state index contributed by atoms with van der Waals surface area (Å²) in [6.45, 7) is 3.96. The van der Waals surface area contributed by atoms with E-state index in [1.807, 2.05) is 44.2 Å². The molecule has 0 aliphatic heterocycles. The molecule has 108 valence electrons. The maximum atomic E-state index is 10.1. The molecule has 2 rings (SSSR count). The zero-order chi connectivity index (χ0) is 13.8. The summed E-state index contributed by atoms with van der Waals surface area (Å²) in [6, 6.07) is 17.9. The van der Waals surface area contributed by atoms with Crippen LogP contribution < -0.4 is 5.73 Å². The van der Waals surface area contributed by atoms with Crippen molar-refractivity contribution in [2.24, 2.45) is 11.7 Å². The van der Waals surface area contributed by atoms with Crippen LogP contribution >= 0.6 is 12.4 Å². The summed E-state index contributed by atoms with van der Waals surface area (Å²) < 4.78 is 0. The second-order valence-corrected chi connectivity index (χ2v) is 5.25. The summed E-state index contributed by atoms with van der Waals surface area (Å²) in [5.41, 5.74) is 9.40. The van der Waals surface area contributed by atoms with Gasteiger partial charge in [0.1, 0.15) is 0 Å². The Bertz CT molecular complexity index is 528. The molecule has 20 heavy (non-hydrogen) atoms. The quantitative estimate of drug-likeness (QED) is 0.900. The van der Waals surface area contributed by atoms with Crippen molar-refractivity contribution in [1.82, 2.24) is 0 Å². The molecule has 2 nitrogen and oxygen atoms in total. The van der Waals surface area contributed by atoms with Gasteiger partial charge in [-0.1, -0.05) is 62.4 Å². The minimum Gasteiger partial charge on any atom is -0.391 e. The van der Waals surface area contributed by atoms with Crippen molar-refractivity contribution in [2.45, 2.75) is 26.0 Å². The summed E-state index contributed by atoms with van der Waals surface area (Å²) in [5.74, 6) is 0.149. The molecule has 2 aromatic carbocycles. The molecule has 0 unspecified atom stereocenters. The van der Waals surface area contributed by atoms with Gasteiger partial charge in [-0.2, -0.15) is 0 Å². The number of halogens is 1. The van der Waals surface area contributed by atoms with Gasteiger partial charge >= 0.3 is 0 Å². The summed E-state index contributed by atoms with van der Waals surface area (Å²) in [5, 5.41) is 10.1. The molecule has 0 saturated carbocycles. The van der Waals surface area contributed by atoms with Crippen molar-refractivity contribution >= 4 is 12.4 Å². The van der Waals surface area contributed by atoms with E-state index in [4.69, 9.17) is 5.73 Å². The molecule has 3 heteroatoms. The van der Waals surface area contributed by atoms with Crippen molar-refractivity contribution in [3.63, 3.8) is 0 Å². The minimum atomic E-state index is -0.522. The maximum Gasteiger partial charge on any atom is 0.0755 e. The lowest BCUT2D eigenvalue weighted by molar-refractivity contribution is 0.0979. The average Bonchev–Trinajstić information content (AvgIpc) is 2.46. The smallest absolute Gasteiger partial charge is 0.0755 e. The minimum absolute atomic E-state index is 0. The van der Waals surface area contributed by atoms with E-state index in [9.17, 15) is 5.11 Å². The van der Waals surface area contributed by atoms with Crippen molar-refractivity contribution in [1.29, 1.82) is 0 Å². The summed E-state index contributed by atoms with van der Waals surface area (Å²) >= 11 is 0. The average molecular weight is 292 g/mol. The fourth-order valence-electron chi connectivity index (χ4n) is 2.17. The molecule has 0 heterocycles. The second kappa shape index (κ2) is 7.44. The van der Waals surface area contributed by atoms with Crippen LogP contribution in [0.1, 0.15) is 25.5 Å². The Labute approximate surface area is 127 Å². The maximum absolute atomic E-state index is 10.1. The number of hydrogen-bond donors (Lipinski definition) is 2. The van der Waals surface area contributed by atoms with Gasteiger partial charge in [-0.05, 0) is 28.7 Å². The van der Waals surface area contributed by atoms with E-state index in [0.29, 0.717) is 0 Å². The normalized spacial score (nSPS) is 13.7. The number of benzene rings is 2. The van der Waals surface area contributed by atoms with Gasteiger partial charge < -0.3 is 10.8 Å². The molecule has 3 N–H and O–H groups in total. The molecule has 2 aromatic rings. The van der Waals surface area contributed by atoms with Crippen LogP contribution in [0.2, 0.25) is 0 Å².